The van der Waals surface area contributed by atoms with Gasteiger partial charge in [0.1, 0.15) is 0 Å². The fourth-order valence-electron chi connectivity index (χ4n) is 0.953. The average molecular weight is 184 g/mol. The van der Waals surface area contributed by atoms with Gasteiger partial charge in [-0.3, -0.25) is 10.1 Å². The number of benzene rings is 1. The van der Waals surface area contributed by atoms with Crippen molar-refractivity contribution in [1.29, 1.82) is 0 Å². The molecular formula is C8H9FN2O2. The molecule has 1 aromatic rings. The van der Waals surface area contributed by atoms with Gasteiger partial charge >= 0.3 is 5.69 Å². The largest absolute Gasteiger partial charge is 0.324 e. The molecule has 0 aliphatic carbocycles. The first-order chi connectivity index (χ1) is 6.02. The molecule has 13 heavy (non-hydrogen) atoms. The van der Waals surface area contributed by atoms with Crippen LogP contribution in [0.2, 0.25) is 0 Å². The van der Waals surface area contributed by atoms with Gasteiger partial charge < -0.3 is 5.73 Å². The Bertz CT molecular complexity index is 339. The molecule has 1 atom stereocenters. The number of nitro benzene ring substituents is 1. The number of nitrogens with two attached hydrogens (primary N) is 1. The maximum absolute atomic E-state index is 12.8. The van der Waals surface area contributed by atoms with Gasteiger partial charge in [-0.2, -0.15) is 4.39 Å². The normalized spacial score (nSPS) is 12.5. The molecular weight excluding hydrogens is 175 g/mol. The maximum Gasteiger partial charge on any atom is 0.305 e. The van der Waals surface area contributed by atoms with Gasteiger partial charge in [-0.05, 0) is 18.6 Å². The number of rotatable bonds is 2. The molecule has 0 spiro atoms. The fourth-order valence-corrected chi connectivity index (χ4v) is 0.953. The van der Waals surface area contributed by atoms with Crippen LogP contribution in [0, 0.1) is 15.9 Å². The summed E-state index contributed by atoms with van der Waals surface area (Å²) in [7, 11) is 0. The van der Waals surface area contributed by atoms with Gasteiger partial charge in [-0.25, -0.2) is 0 Å². The van der Waals surface area contributed by atoms with E-state index in [4.69, 9.17) is 5.73 Å². The average Bonchev–Trinajstić information content (AvgIpc) is 2.04. The number of nitrogens with zero attached hydrogens (tertiary/aromatic N) is 1. The molecule has 0 aliphatic heterocycles. The van der Waals surface area contributed by atoms with Crippen molar-refractivity contribution in [3.05, 3.63) is 39.7 Å². The van der Waals surface area contributed by atoms with Gasteiger partial charge in [-0.1, -0.05) is 6.07 Å². The highest BCUT2D eigenvalue weighted by molar-refractivity contribution is 5.37. The van der Waals surface area contributed by atoms with Crippen LogP contribution in [-0.4, -0.2) is 4.92 Å². The van der Waals surface area contributed by atoms with Gasteiger partial charge in [0.2, 0.25) is 5.82 Å². The van der Waals surface area contributed by atoms with Crippen LogP contribution in [0.25, 0.3) is 0 Å². The molecule has 70 valence electrons. The highest BCUT2D eigenvalue weighted by Crippen LogP contribution is 2.21. The lowest BCUT2D eigenvalue weighted by molar-refractivity contribution is -0.387. The molecule has 0 saturated heterocycles. The van der Waals surface area contributed by atoms with Crippen molar-refractivity contribution in [2.75, 3.05) is 0 Å². The van der Waals surface area contributed by atoms with Gasteiger partial charge in [0.15, 0.2) is 0 Å². The summed E-state index contributed by atoms with van der Waals surface area (Å²) >= 11 is 0. The Labute approximate surface area is 74.3 Å². The number of hydrogen-bond donors (Lipinski definition) is 1. The number of hydrogen-bond acceptors (Lipinski definition) is 3. The zero-order valence-corrected chi connectivity index (χ0v) is 7.03. The van der Waals surface area contributed by atoms with E-state index in [0.717, 1.165) is 12.1 Å². The first-order valence-corrected chi connectivity index (χ1v) is 3.72. The molecule has 0 fully saturated rings. The second kappa shape index (κ2) is 3.49. The van der Waals surface area contributed by atoms with Crippen LogP contribution < -0.4 is 5.73 Å². The Morgan fingerprint density at radius 2 is 2.23 bits per heavy atom. The Kier molecular flexibility index (Phi) is 2.57. The molecule has 1 aromatic carbocycles. The fraction of sp³-hybridized carbons (Fsp3) is 0.250. The molecule has 5 heteroatoms. The third kappa shape index (κ3) is 2.00. The standard InChI is InChI=1S/C8H9FN2O2/c1-5(10)6-2-3-7(9)8(4-6)11(12)13/h2-5H,10H2,1H3. The van der Waals surface area contributed by atoms with Crippen LogP contribution in [0.1, 0.15) is 18.5 Å². The third-order valence-corrected chi connectivity index (χ3v) is 1.69. The quantitative estimate of drug-likeness (QED) is 0.562. The number of halogens is 1. The second-order valence-electron chi connectivity index (χ2n) is 2.76. The minimum Gasteiger partial charge on any atom is -0.324 e. The molecule has 0 aliphatic rings. The van der Waals surface area contributed by atoms with Crippen molar-refractivity contribution >= 4 is 5.69 Å². The van der Waals surface area contributed by atoms with Crippen LogP contribution in [0.15, 0.2) is 18.2 Å². The molecule has 4 nitrogen and oxygen atoms in total. The highest BCUT2D eigenvalue weighted by atomic mass is 19.1. The van der Waals surface area contributed by atoms with E-state index in [0.29, 0.717) is 5.56 Å². The zero-order chi connectivity index (χ0) is 10.0. The summed E-state index contributed by atoms with van der Waals surface area (Å²) in [6, 6.07) is 3.31. The molecule has 0 amide bonds. The molecule has 0 radical (unpaired) electrons. The summed E-state index contributed by atoms with van der Waals surface area (Å²) in [5, 5.41) is 10.3. The van der Waals surface area contributed by atoms with Crippen molar-refractivity contribution in [2.24, 2.45) is 5.73 Å². The maximum atomic E-state index is 12.8. The van der Waals surface area contributed by atoms with E-state index in [1.165, 1.54) is 6.07 Å². The lowest BCUT2D eigenvalue weighted by Crippen LogP contribution is -2.05. The lowest BCUT2D eigenvalue weighted by Gasteiger charge is -2.04. The van der Waals surface area contributed by atoms with Gasteiger partial charge in [0, 0.05) is 12.1 Å². The van der Waals surface area contributed by atoms with E-state index in [2.05, 4.69) is 0 Å². The molecule has 0 aromatic heterocycles. The first kappa shape index (κ1) is 9.60. The second-order valence-corrected chi connectivity index (χ2v) is 2.76. The van der Waals surface area contributed by atoms with Crippen LogP contribution in [0.5, 0.6) is 0 Å². The Morgan fingerprint density at radius 3 is 2.69 bits per heavy atom. The van der Waals surface area contributed by atoms with Gasteiger partial charge in [0.05, 0.1) is 4.92 Å². The Balaban J connectivity index is 3.19. The summed E-state index contributed by atoms with van der Waals surface area (Å²) in [6.07, 6.45) is 0. The van der Waals surface area contributed by atoms with E-state index in [-0.39, 0.29) is 6.04 Å². The van der Waals surface area contributed by atoms with Gasteiger partial charge in [0.25, 0.3) is 0 Å². The number of nitro groups is 1. The van der Waals surface area contributed by atoms with E-state index in [1.54, 1.807) is 6.92 Å². The monoisotopic (exact) mass is 184 g/mol. The van der Waals surface area contributed by atoms with Crippen molar-refractivity contribution < 1.29 is 9.31 Å². The van der Waals surface area contributed by atoms with Crippen LogP contribution >= 0.6 is 0 Å². The zero-order valence-electron chi connectivity index (χ0n) is 7.03. The van der Waals surface area contributed by atoms with Crippen LogP contribution in [0.4, 0.5) is 10.1 Å². The van der Waals surface area contributed by atoms with E-state index < -0.39 is 16.4 Å². The van der Waals surface area contributed by atoms with Crippen LogP contribution in [-0.2, 0) is 0 Å². The summed E-state index contributed by atoms with van der Waals surface area (Å²) in [5.41, 5.74) is 5.50. The molecule has 1 unspecified atom stereocenters. The predicted molar refractivity (Wildman–Crippen MR) is 45.7 cm³/mol. The van der Waals surface area contributed by atoms with E-state index >= 15 is 0 Å². The molecule has 0 saturated carbocycles. The lowest BCUT2D eigenvalue weighted by atomic mass is 10.1. The summed E-state index contributed by atoms with van der Waals surface area (Å²) in [5.74, 6) is -0.839. The van der Waals surface area contributed by atoms with Crippen LogP contribution in [0.3, 0.4) is 0 Å². The third-order valence-electron chi connectivity index (χ3n) is 1.69. The smallest absolute Gasteiger partial charge is 0.305 e. The van der Waals surface area contributed by atoms with Crippen molar-refractivity contribution in [3.63, 3.8) is 0 Å². The Hall–Kier alpha value is -1.49. The molecule has 1 rings (SSSR count). The van der Waals surface area contributed by atoms with Crippen molar-refractivity contribution in [1.82, 2.24) is 0 Å². The van der Waals surface area contributed by atoms with Crippen molar-refractivity contribution in [2.45, 2.75) is 13.0 Å². The summed E-state index contributed by atoms with van der Waals surface area (Å²) in [6.45, 7) is 1.68. The highest BCUT2D eigenvalue weighted by Gasteiger charge is 2.15. The molecule has 2 N–H and O–H groups in total. The minimum absolute atomic E-state index is 0.334. The van der Waals surface area contributed by atoms with E-state index in [9.17, 15) is 14.5 Å². The minimum atomic E-state index is -0.839. The predicted octanol–water partition coefficient (Wildman–Crippen LogP) is 1.75. The SMILES string of the molecule is CC(N)c1ccc(F)c([N+](=O)[O-])c1. The first-order valence-electron chi connectivity index (χ1n) is 3.72. The van der Waals surface area contributed by atoms with Gasteiger partial charge in [-0.15, -0.1) is 0 Å². The summed E-state index contributed by atoms with van der Waals surface area (Å²) in [4.78, 5) is 9.56. The topological polar surface area (TPSA) is 69.2 Å². The molecule has 0 bridgehead atoms. The Morgan fingerprint density at radius 1 is 1.62 bits per heavy atom. The van der Waals surface area contributed by atoms with E-state index in [1.807, 2.05) is 0 Å². The molecule has 0 heterocycles. The summed E-state index contributed by atoms with van der Waals surface area (Å²) < 4.78 is 12.8. The van der Waals surface area contributed by atoms with Crippen molar-refractivity contribution in [3.8, 4) is 0 Å².